The number of amides is 1. The molecule has 0 aliphatic heterocycles. The zero-order chi connectivity index (χ0) is 25.7. The van der Waals surface area contributed by atoms with E-state index in [0.29, 0.717) is 43.9 Å². The Morgan fingerprint density at radius 1 is 0.944 bits per heavy atom. The van der Waals surface area contributed by atoms with Crippen LogP contribution in [0.4, 0.5) is 5.69 Å². The summed E-state index contributed by atoms with van der Waals surface area (Å²) in [5.74, 6) is -0.520. The maximum atomic E-state index is 13.1. The summed E-state index contributed by atoms with van der Waals surface area (Å²) in [6.45, 7) is 0.0583. The quantitative estimate of drug-likeness (QED) is 0.230. The lowest BCUT2D eigenvalue weighted by atomic mass is 10.0. The van der Waals surface area contributed by atoms with Gasteiger partial charge in [-0.25, -0.2) is 0 Å². The van der Waals surface area contributed by atoms with Gasteiger partial charge in [-0.2, -0.15) is 0 Å². The molecule has 36 heavy (non-hydrogen) atoms. The number of benzene rings is 4. The van der Waals surface area contributed by atoms with Crippen LogP contribution in [0.3, 0.4) is 0 Å². The minimum absolute atomic E-state index is 0.236. The van der Waals surface area contributed by atoms with E-state index in [2.05, 4.69) is 5.32 Å². The van der Waals surface area contributed by atoms with Crippen molar-refractivity contribution in [2.45, 2.75) is 11.4 Å². The number of rotatable bonds is 9. The molecule has 0 fully saturated rings. The molecule has 0 atom stereocenters. The molecule has 0 unspecified atom stereocenters. The first-order valence-electron chi connectivity index (χ1n) is 10.9. The van der Waals surface area contributed by atoms with E-state index in [1.165, 1.54) is 11.9 Å². The molecule has 0 radical (unpaired) electrons. The molecular weight excluding hydrogens is 519 g/mol. The van der Waals surface area contributed by atoms with Gasteiger partial charge < -0.3 is 19.5 Å². The third-order valence-electron chi connectivity index (χ3n) is 5.33. The molecule has 4 aromatic carbocycles. The molecule has 0 aliphatic rings. The van der Waals surface area contributed by atoms with E-state index in [9.17, 15) is 14.7 Å². The average Bonchev–Trinajstić information content (AvgIpc) is 2.85. The van der Waals surface area contributed by atoms with Crippen LogP contribution in [0.5, 0.6) is 5.75 Å². The zero-order valence-electron chi connectivity index (χ0n) is 19.2. The SMILES string of the molecule is COc1cccc(CNC(=O)c2cccc3c(N(CC(=O)O)Sc4cc(Cl)cc(Cl)c4)cccc23)c1. The number of anilines is 1. The highest BCUT2D eigenvalue weighted by Gasteiger charge is 2.18. The summed E-state index contributed by atoms with van der Waals surface area (Å²) in [7, 11) is 1.60. The van der Waals surface area contributed by atoms with Crippen molar-refractivity contribution in [2.75, 3.05) is 18.0 Å². The van der Waals surface area contributed by atoms with Crippen LogP contribution in [0.1, 0.15) is 15.9 Å². The summed E-state index contributed by atoms with van der Waals surface area (Å²) >= 11 is 13.5. The van der Waals surface area contributed by atoms with Gasteiger partial charge in [-0.05, 0) is 65.4 Å². The van der Waals surface area contributed by atoms with Crippen molar-refractivity contribution in [3.8, 4) is 5.75 Å². The largest absolute Gasteiger partial charge is 0.497 e. The predicted molar refractivity (Wildman–Crippen MR) is 145 cm³/mol. The molecule has 9 heteroatoms. The predicted octanol–water partition coefficient (Wildman–Crippen LogP) is 6.68. The Morgan fingerprint density at radius 3 is 2.36 bits per heavy atom. The van der Waals surface area contributed by atoms with Crippen LogP contribution in [0.15, 0.2) is 83.8 Å². The summed E-state index contributed by atoms with van der Waals surface area (Å²) in [6.07, 6.45) is 0. The summed E-state index contributed by atoms with van der Waals surface area (Å²) < 4.78 is 6.89. The number of aliphatic carboxylic acids is 1. The fourth-order valence-corrected chi connectivity index (χ4v) is 5.47. The molecule has 184 valence electrons. The molecule has 4 aromatic rings. The molecule has 1 amide bonds. The summed E-state index contributed by atoms with van der Waals surface area (Å²) in [4.78, 5) is 25.5. The smallest absolute Gasteiger partial charge is 0.324 e. The number of carbonyl (C=O) groups excluding carboxylic acids is 1. The normalized spacial score (nSPS) is 10.8. The van der Waals surface area contributed by atoms with Crippen molar-refractivity contribution in [3.63, 3.8) is 0 Å². The highest BCUT2D eigenvalue weighted by atomic mass is 35.5. The van der Waals surface area contributed by atoms with Gasteiger partial charge in [0.05, 0.1) is 12.8 Å². The van der Waals surface area contributed by atoms with E-state index in [4.69, 9.17) is 27.9 Å². The number of ether oxygens (including phenoxy) is 1. The molecule has 0 aliphatic carbocycles. The number of hydrogen-bond acceptors (Lipinski definition) is 5. The molecule has 0 heterocycles. The van der Waals surface area contributed by atoms with Crippen LogP contribution in [0.2, 0.25) is 10.0 Å². The maximum absolute atomic E-state index is 13.1. The first-order chi connectivity index (χ1) is 17.3. The Balaban J connectivity index is 1.65. The van der Waals surface area contributed by atoms with Gasteiger partial charge in [0.25, 0.3) is 5.91 Å². The number of carbonyl (C=O) groups is 2. The molecule has 2 N–H and O–H groups in total. The summed E-state index contributed by atoms with van der Waals surface area (Å²) in [5, 5.41) is 14.9. The third-order valence-corrected chi connectivity index (χ3v) is 6.76. The van der Waals surface area contributed by atoms with Gasteiger partial charge >= 0.3 is 5.97 Å². The lowest BCUT2D eigenvalue weighted by molar-refractivity contribution is -0.135. The number of carboxylic acids is 1. The topological polar surface area (TPSA) is 78.9 Å². The van der Waals surface area contributed by atoms with Crippen LogP contribution in [-0.2, 0) is 11.3 Å². The molecule has 0 spiro atoms. The number of nitrogens with one attached hydrogen (secondary N) is 1. The number of fused-ring (bicyclic) bond motifs is 1. The average molecular weight is 541 g/mol. The molecule has 0 saturated carbocycles. The van der Waals surface area contributed by atoms with Gasteiger partial charge in [-0.15, -0.1) is 0 Å². The van der Waals surface area contributed by atoms with Gasteiger partial charge in [0.2, 0.25) is 0 Å². The first-order valence-corrected chi connectivity index (χ1v) is 12.4. The third kappa shape index (κ3) is 6.23. The van der Waals surface area contributed by atoms with E-state index < -0.39 is 5.97 Å². The van der Waals surface area contributed by atoms with Crippen LogP contribution in [0.25, 0.3) is 10.8 Å². The second-order valence-corrected chi connectivity index (χ2v) is 9.81. The maximum Gasteiger partial charge on any atom is 0.324 e. The monoisotopic (exact) mass is 540 g/mol. The van der Waals surface area contributed by atoms with Crippen LogP contribution in [0, 0.1) is 0 Å². The molecule has 6 nitrogen and oxygen atoms in total. The van der Waals surface area contributed by atoms with Crippen LogP contribution >= 0.6 is 35.1 Å². The van der Waals surface area contributed by atoms with Crippen molar-refractivity contribution in [3.05, 3.63) is 100 Å². The Labute approximate surface area is 222 Å². The van der Waals surface area contributed by atoms with Gasteiger partial charge in [0.1, 0.15) is 12.3 Å². The number of carboxylic acid groups (broad SMARTS) is 1. The second kappa shape index (κ2) is 11.6. The first kappa shape index (κ1) is 25.7. The van der Waals surface area contributed by atoms with Crippen LogP contribution < -0.4 is 14.4 Å². The van der Waals surface area contributed by atoms with Gasteiger partial charge in [0, 0.05) is 32.4 Å². The van der Waals surface area contributed by atoms with Gasteiger partial charge in [-0.1, -0.05) is 59.6 Å². The standard InChI is InChI=1S/C27H22Cl2N2O4S/c1-35-20-6-2-5-17(11-20)15-30-27(34)24-9-3-8-23-22(24)7-4-10-25(23)31(16-26(32)33)36-21-13-18(28)12-19(29)14-21/h2-14H,15-16H2,1H3,(H,30,34)(H,32,33). The number of nitrogens with zero attached hydrogens (tertiary/aromatic N) is 1. The highest BCUT2D eigenvalue weighted by molar-refractivity contribution is 8.00. The van der Waals surface area contributed by atoms with Crippen molar-refractivity contribution in [1.82, 2.24) is 5.32 Å². The Bertz CT molecular complexity index is 1410. The zero-order valence-corrected chi connectivity index (χ0v) is 21.5. The van der Waals surface area contributed by atoms with Gasteiger partial charge in [0.15, 0.2) is 0 Å². The van der Waals surface area contributed by atoms with Crippen LogP contribution in [-0.4, -0.2) is 30.6 Å². The van der Waals surface area contributed by atoms with E-state index >= 15 is 0 Å². The Morgan fingerprint density at radius 2 is 1.64 bits per heavy atom. The van der Waals surface area contributed by atoms with E-state index in [-0.39, 0.29) is 12.5 Å². The summed E-state index contributed by atoms with van der Waals surface area (Å²) in [6, 6.07) is 23.4. The minimum atomic E-state index is -1.00. The van der Waals surface area contributed by atoms with E-state index in [0.717, 1.165) is 10.9 Å². The van der Waals surface area contributed by atoms with E-state index in [1.807, 2.05) is 42.5 Å². The number of methoxy groups -OCH3 is 1. The van der Waals surface area contributed by atoms with Gasteiger partial charge in [-0.3, -0.25) is 9.59 Å². The minimum Gasteiger partial charge on any atom is -0.497 e. The number of hydrogen-bond donors (Lipinski definition) is 2. The van der Waals surface area contributed by atoms with Crippen molar-refractivity contribution >= 4 is 63.5 Å². The summed E-state index contributed by atoms with van der Waals surface area (Å²) in [5.41, 5.74) is 2.05. The molecule has 0 bridgehead atoms. The highest BCUT2D eigenvalue weighted by Crippen LogP contribution is 2.37. The molecular formula is C27H22Cl2N2O4S. The fraction of sp³-hybridized carbons (Fsp3) is 0.111. The van der Waals surface area contributed by atoms with Crippen molar-refractivity contribution in [1.29, 1.82) is 0 Å². The lowest BCUT2D eigenvalue weighted by Crippen LogP contribution is -2.24. The number of halogens is 2. The Kier molecular flexibility index (Phi) is 8.25. The van der Waals surface area contributed by atoms with Crippen molar-refractivity contribution < 1.29 is 19.4 Å². The molecule has 0 aromatic heterocycles. The van der Waals surface area contributed by atoms with Crippen molar-refractivity contribution in [2.24, 2.45) is 0 Å². The lowest BCUT2D eigenvalue weighted by Gasteiger charge is -2.23. The Hall–Kier alpha value is -3.39. The fourth-order valence-electron chi connectivity index (χ4n) is 3.77. The molecule has 0 saturated heterocycles. The second-order valence-electron chi connectivity index (χ2n) is 7.84. The molecule has 4 rings (SSSR count). The van der Waals surface area contributed by atoms with E-state index in [1.54, 1.807) is 47.8 Å².